The van der Waals surface area contributed by atoms with Crippen molar-refractivity contribution in [3.05, 3.63) is 54.3 Å². The van der Waals surface area contributed by atoms with Crippen molar-refractivity contribution in [1.82, 2.24) is 4.90 Å². The Bertz CT molecular complexity index is 881. The first-order chi connectivity index (χ1) is 13.7. The van der Waals surface area contributed by atoms with Crippen LogP contribution < -0.4 is 5.32 Å². The SMILES string of the molecule is O=C(Nc1cccc(-c2ccc(F)cc2)c1)[C@H]1CCCN(C(=O)CC(F)(F)F)C1. The van der Waals surface area contributed by atoms with E-state index < -0.39 is 24.4 Å². The van der Waals surface area contributed by atoms with Crippen LogP contribution in [0.5, 0.6) is 0 Å². The molecule has 0 aliphatic carbocycles. The second-order valence-electron chi connectivity index (χ2n) is 7.05. The van der Waals surface area contributed by atoms with Crippen molar-refractivity contribution in [3.63, 3.8) is 0 Å². The summed E-state index contributed by atoms with van der Waals surface area (Å²) in [5.74, 6) is -2.27. The van der Waals surface area contributed by atoms with E-state index in [1.807, 2.05) is 6.07 Å². The molecule has 0 unspecified atom stereocenters. The first-order valence-corrected chi connectivity index (χ1v) is 9.23. The fourth-order valence-electron chi connectivity index (χ4n) is 3.36. The third-order valence-corrected chi connectivity index (χ3v) is 4.80. The molecule has 1 aliphatic rings. The average Bonchev–Trinajstić information content (AvgIpc) is 2.67. The zero-order chi connectivity index (χ0) is 21.0. The maximum absolute atomic E-state index is 13.1. The molecular weight excluding hydrogens is 388 g/mol. The molecule has 1 saturated heterocycles. The third-order valence-electron chi connectivity index (χ3n) is 4.80. The van der Waals surface area contributed by atoms with E-state index in [0.717, 1.165) is 16.0 Å². The van der Waals surface area contributed by atoms with E-state index in [4.69, 9.17) is 0 Å². The van der Waals surface area contributed by atoms with Crippen LogP contribution in [-0.2, 0) is 9.59 Å². The summed E-state index contributed by atoms with van der Waals surface area (Å²) in [5, 5.41) is 2.77. The molecule has 3 rings (SSSR count). The molecule has 1 aliphatic heterocycles. The standard InChI is InChI=1S/C21H20F4N2O2/c22-17-8-6-14(7-9-17)15-3-1-5-18(11-15)26-20(29)16-4-2-10-27(13-16)19(28)12-21(23,24)25/h1,3,5-9,11,16H,2,4,10,12-13H2,(H,26,29)/t16-/m0/s1. The van der Waals surface area contributed by atoms with E-state index in [2.05, 4.69) is 5.32 Å². The number of nitrogens with zero attached hydrogens (tertiary/aromatic N) is 1. The van der Waals surface area contributed by atoms with Gasteiger partial charge in [-0.05, 0) is 48.2 Å². The number of likely N-dealkylation sites (tertiary alicyclic amines) is 1. The Morgan fingerprint density at radius 3 is 2.48 bits per heavy atom. The van der Waals surface area contributed by atoms with Gasteiger partial charge in [0.15, 0.2) is 0 Å². The fraction of sp³-hybridized carbons (Fsp3) is 0.333. The van der Waals surface area contributed by atoms with E-state index in [0.29, 0.717) is 18.5 Å². The topological polar surface area (TPSA) is 49.4 Å². The second kappa shape index (κ2) is 8.63. The van der Waals surface area contributed by atoms with Crippen LogP contribution in [0.3, 0.4) is 0 Å². The molecule has 0 saturated carbocycles. The molecule has 4 nitrogen and oxygen atoms in total. The van der Waals surface area contributed by atoms with Gasteiger partial charge in [0, 0.05) is 18.8 Å². The number of anilines is 1. The number of alkyl halides is 3. The van der Waals surface area contributed by atoms with Crippen molar-refractivity contribution >= 4 is 17.5 Å². The lowest BCUT2D eigenvalue weighted by molar-refractivity contribution is -0.162. The number of nitrogens with one attached hydrogen (secondary N) is 1. The maximum Gasteiger partial charge on any atom is 0.397 e. The number of benzene rings is 2. The molecular formula is C21H20F4N2O2. The van der Waals surface area contributed by atoms with Gasteiger partial charge in [-0.1, -0.05) is 24.3 Å². The number of rotatable bonds is 4. The van der Waals surface area contributed by atoms with E-state index >= 15 is 0 Å². The van der Waals surface area contributed by atoms with Gasteiger partial charge in [0.1, 0.15) is 12.2 Å². The summed E-state index contributed by atoms with van der Waals surface area (Å²) in [4.78, 5) is 25.5. The minimum atomic E-state index is -4.56. The minimum absolute atomic E-state index is 0.0294. The number of piperidine rings is 1. The second-order valence-corrected chi connectivity index (χ2v) is 7.05. The summed E-state index contributed by atoms with van der Waals surface area (Å²) >= 11 is 0. The number of amides is 2. The predicted molar refractivity (Wildman–Crippen MR) is 100 cm³/mol. The molecule has 29 heavy (non-hydrogen) atoms. The van der Waals surface area contributed by atoms with Gasteiger partial charge >= 0.3 is 6.18 Å². The molecule has 0 bridgehead atoms. The van der Waals surface area contributed by atoms with Gasteiger partial charge in [0.05, 0.1) is 5.92 Å². The Morgan fingerprint density at radius 1 is 1.07 bits per heavy atom. The van der Waals surface area contributed by atoms with Crippen molar-refractivity contribution in [3.8, 4) is 11.1 Å². The van der Waals surface area contributed by atoms with E-state index in [1.54, 1.807) is 30.3 Å². The van der Waals surface area contributed by atoms with Crippen molar-refractivity contribution < 1.29 is 27.2 Å². The smallest absolute Gasteiger partial charge is 0.342 e. The molecule has 2 aromatic rings. The Balaban J connectivity index is 1.64. The number of hydrogen-bond acceptors (Lipinski definition) is 2. The Kier molecular flexibility index (Phi) is 6.20. The number of hydrogen-bond donors (Lipinski definition) is 1. The van der Waals surface area contributed by atoms with E-state index in [9.17, 15) is 27.2 Å². The van der Waals surface area contributed by atoms with Gasteiger partial charge in [-0.2, -0.15) is 13.2 Å². The van der Waals surface area contributed by atoms with Gasteiger partial charge in [-0.3, -0.25) is 9.59 Å². The first-order valence-electron chi connectivity index (χ1n) is 9.23. The molecule has 154 valence electrons. The van der Waals surface area contributed by atoms with Crippen molar-refractivity contribution in [2.45, 2.75) is 25.4 Å². The number of carbonyl (C=O) groups excluding carboxylic acids is 2. The fourth-order valence-corrected chi connectivity index (χ4v) is 3.36. The monoisotopic (exact) mass is 408 g/mol. The maximum atomic E-state index is 13.1. The van der Waals surface area contributed by atoms with Crippen LogP contribution in [0.25, 0.3) is 11.1 Å². The van der Waals surface area contributed by atoms with Crippen LogP contribution in [0.1, 0.15) is 19.3 Å². The summed E-state index contributed by atoms with van der Waals surface area (Å²) in [6.07, 6.45) is -5.11. The molecule has 1 N–H and O–H groups in total. The molecule has 0 spiro atoms. The van der Waals surface area contributed by atoms with Gasteiger partial charge < -0.3 is 10.2 Å². The number of carbonyl (C=O) groups is 2. The van der Waals surface area contributed by atoms with E-state index in [-0.39, 0.29) is 24.8 Å². The molecule has 2 amide bonds. The molecule has 1 atom stereocenters. The van der Waals surface area contributed by atoms with Crippen molar-refractivity contribution in [1.29, 1.82) is 0 Å². The Labute approximate surface area is 165 Å². The summed E-state index contributed by atoms with van der Waals surface area (Å²) in [5.41, 5.74) is 2.09. The summed E-state index contributed by atoms with van der Waals surface area (Å²) < 4.78 is 50.5. The molecule has 1 heterocycles. The first kappa shape index (κ1) is 20.8. The van der Waals surface area contributed by atoms with Crippen LogP contribution in [0.2, 0.25) is 0 Å². The molecule has 0 radical (unpaired) electrons. The molecule has 2 aromatic carbocycles. The third kappa shape index (κ3) is 5.79. The highest BCUT2D eigenvalue weighted by Gasteiger charge is 2.36. The van der Waals surface area contributed by atoms with Crippen LogP contribution in [0.4, 0.5) is 23.2 Å². The highest BCUT2D eigenvalue weighted by atomic mass is 19.4. The van der Waals surface area contributed by atoms with Gasteiger partial charge in [-0.25, -0.2) is 4.39 Å². The Morgan fingerprint density at radius 2 is 1.79 bits per heavy atom. The van der Waals surface area contributed by atoms with E-state index in [1.165, 1.54) is 12.1 Å². The number of halogens is 4. The van der Waals surface area contributed by atoms with Crippen LogP contribution >= 0.6 is 0 Å². The summed E-state index contributed by atoms with van der Waals surface area (Å²) in [6, 6.07) is 12.9. The largest absolute Gasteiger partial charge is 0.397 e. The quantitative estimate of drug-likeness (QED) is 0.751. The highest BCUT2D eigenvalue weighted by Crippen LogP contribution is 2.26. The lowest BCUT2D eigenvalue weighted by atomic mass is 9.96. The predicted octanol–water partition coefficient (Wildman–Crippen LogP) is 4.62. The Hall–Kier alpha value is -2.90. The lowest BCUT2D eigenvalue weighted by Gasteiger charge is -2.32. The van der Waals surface area contributed by atoms with Crippen molar-refractivity contribution in [2.75, 3.05) is 18.4 Å². The molecule has 1 fully saturated rings. The average molecular weight is 408 g/mol. The minimum Gasteiger partial charge on any atom is -0.342 e. The normalized spacial score (nSPS) is 17.1. The van der Waals surface area contributed by atoms with Crippen molar-refractivity contribution in [2.24, 2.45) is 5.92 Å². The summed E-state index contributed by atoms with van der Waals surface area (Å²) in [7, 11) is 0. The highest BCUT2D eigenvalue weighted by molar-refractivity contribution is 5.93. The lowest BCUT2D eigenvalue weighted by Crippen LogP contribution is -2.44. The summed E-state index contributed by atoms with van der Waals surface area (Å²) in [6.45, 7) is 0.192. The molecule has 8 heteroatoms. The van der Waals surface area contributed by atoms with Gasteiger partial charge in [-0.15, -0.1) is 0 Å². The van der Waals surface area contributed by atoms with Gasteiger partial charge in [0.2, 0.25) is 11.8 Å². The van der Waals surface area contributed by atoms with Crippen LogP contribution in [0, 0.1) is 11.7 Å². The molecule has 0 aromatic heterocycles. The zero-order valence-electron chi connectivity index (χ0n) is 15.5. The van der Waals surface area contributed by atoms with Crippen LogP contribution in [0.15, 0.2) is 48.5 Å². The van der Waals surface area contributed by atoms with Gasteiger partial charge in [0.25, 0.3) is 0 Å². The zero-order valence-corrected chi connectivity index (χ0v) is 15.5. The van der Waals surface area contributed by atoms with Crippen LogP contribution in [-0.4, -0.2) is 36.0 Å².